The molecule has 0 aliphatic heterocycles. The van der Waals surface area contributed by atoms with Gasteiger partial charge in [0.1, 0.15) is 17.3 Å². The highest BCUT2D eigenvalue weighted by atomic mass is 19.1. The standard InChI is InChI=1S/C10H12F3N/c1-10(13,6-14)5-7-2-8(11)4-9(12)3-7/h2-4H,5-6,14H2,1H3. The number of nitrogens with two attached hydrogens (primary N) is 1. The van der Waals surface area contributed by atoms with Crippen LogP contribution < -0.4 is 5.73 Å². The van der Waals surface area contributed by atoms with Gasteiger partial charge in [0.25, 0.3) is 0 Å². The monoisotopic (exact) mass is 203 g/mol. The van der Waals surface area contributed by atoms with Gasteiger partial charge in [0.2, 0.25) is 0 Å². The van der Waals surface area contributed by atoms with Crippen molar-refractivity contribution in [3.8, 4) is 0 Å². The summed E-state index contributed by atoms with van der Waals surface area (Å²) < 4.78 is 38.8. The number of halogens is 3. The molecule has 1 nitrogen and oxygen atoms in total. The van der Waals surface area contributed by atoms with Gasteiger partial charge in [-0.1, -0.05) is 0 Å². The maximum atomic E-state index is 13.4. The smallest absolute Gasteiger partial charge is 0.126 e. The van der Waals surface area contributed by atoms with Crippen molar-refractivity contribution in [2.45, 2.75) is 19.0 Å². The molecule has 4 heteroatoms. The van der Waals surface area contributed by atoms with Crippen LogP contribution in [0.1, 0.15) is 12.5 Å². The van der Waals surface area contributed by atoms with E-state index in [0.717, 1.165) is 18.2 Å². The van der Waals surface area contributed by atoms with Crippen molar-refractivity contribution in [2.24, 2.45) is 5.73 Å². The molecule has 14 heavy (non-hydrogen) atoms. The van der Waals surface area contributed by atoms with Gasteiger partial charge in [-0.25, -0.2) is 13.2 Å². The Morgan fingerprint density at radius 1 is 1.21 bits per heavy atom. The van der Waals surface area contributed by atoms with Crippen molar-refractivity contribution < 1.29 is 13.2 Å². The molecule has 1 unspecified atom stereocenters. The van der Waals surface area contributed by atoms with Gasteiger partial charge < -0.3 is 5.73 Å². The highest BCUT2D eigenvalue weighted by molar-refractivity contribution is 5.19. The summed E-state index contributed by atoms with van der Waals surface area (Å²) in [5.74, 6) is -1.40. The lowest BCUT2D eigenvalue weighted by Crippen LogP contribution is -2.31. The molecule has 0 heterocycles. The fraction of sp³-hybridized carbons (Fsp3) is 0.400. The van der Waals surface area contributed by atoms with Crippen LogP contribution in [0.2, 0.25) is 0 Å². The molecule has 1 aromatic rings. The van der Waals surface area contributed by atoms with Gasteiger partial charge in [0.05, 0.1) is 0 Å². The van der Waals surface area contributed by atoms with E-state index in [2.05, 4.69) is 0 Å². The van der Waals surface area contributed by atoms with E-state index in [0.29, 0.717) is 0 Å². The molecule has 78 valence electrons. The lowest BCUT2D eigenvalue weighted by Gasteiger charge is -2.17. The summed E-state index contributed by atoms with van der Waals surface area (Å²) in [5, 5.41) is 0. The van der Waals surface area contributed by atoms with Crippen LogP contribution >= 0.6 is 0 Å². The Labute approximate surface area is 80.7 Å². The molecular formula is C10H12F3N. The zero-order valence-corrected chi connectivity index (χ0v) is 7.86. The van der Waals surface area contributed by atoms with Crippen molar-refractivity contribution in [3.05, 3.63) is 35.4 Å². The van der Waals surface area contributed by atoms with Crippen molar-refractivity contribution in [2.75, 3.05) is 6.54 Å². The Morgan fingerprint density at radius 3 is 2.14 bits per heavy atom. The zero-order chi connectivity index (χ0) is 10.8. The Kier molecular flexibility index (Phi) is 3.16. The van der Waals surface area contributed by atoms with Gasteiger partial charge in [0, 0.05) is 19.0 Å². The first-order chi connectivity index (χ1) is 6.43. The van der Waals surface area contributed by atoms with E-state index in [1.807, 2.05) is 0 Å². The summed E-state index contributed by atoms with van der Waals surface area (Å²) in [6.07, 6.45) is -0.0851. The molecule has 0 bridgehead atoms. The Morgan fingerprint density at radius 2 is 1.71 bits per heavy atom. The first-order valence-electron chi connectivity index (χ1n) is 4.27. The highest BCUT2D eigenvalue weighted by Crippen LogP contribution is 2.18. The van der Waals surface area contributed by atoms with Gasteiger partial charge in [0.15, 0.2) is 0 Å². The summed E-state index contributed by atoms with van der Waals surface area (Å²) in [6.45, 7) is 1.13. The first-order valence-corrected chi connectivity index (χ1v) is 4.27. The van der Waals surface area contributed by atoms with Gasteiger partial charge >= 0.3 is 0 Å². The van der Waals surface area contributed by atoms with Crippen LogP contribution in [0.25, 0.3) is 0 Å². The van der Waals surface area contributed by atoms with E-state index >= 15 is 0 Å². The number of benzene rings is 1. The normalized spacial score (nSPS) is 15.2. The molecule has 0 saturated heterocycles. The molecule has 0 aliphatic rings. The van der Waals surface area contributed by atoms with Crippen molar-refractivity contribution >= 4 is 0 Å². The van der Waals surface area contributed by atoms with E-state index < -0.39 is 17.3 Å². The summed E-state index contributed by atoms with van der Waals surface area (Å²) in [4.78, 5) is 0. The number of hydrogen-bond acceptors (Lipinski definition) is 1. The highest BCUT2D eigenvalue weighted by Gasteiger charge is 2.21. The predicted molar refractivity (Wildman–Crippen MR) is 48.6 cm³/mol. The van der Waals surface area contributed by atoms with Crippen LogP contribution in [0.15, 0.2) is 18.2 Å². The minimum Gasteiger partial charge on any atom is -0.328 e. The molecule has 1 aromatic carbocycles. The van der Waals surface area contributed by atoms with Crippen LogP contribution in [0.4, 0.5) is 13.2 Å². The molecule has 0 radical (unpaired) electrons. The predicted octanol–water partition coefficient (Wildman–Crippen LogP) is 2.19. The van der Waals surface area contributed by atoms with E-state index in [-0.39, 0.29) is 18.5 Å². The van der Waals surface area contributed by atoms with Crippen LogP contribution in [-0.2, 0) is 6.42 Å². The average molecular weight is 203 g/mol. The molecule has 0 aromatic heterocycles. The van der Waals surface area contributed by atoms with E-state index in [1.54, 1.807) is 0 Å². The van der Waals surface area contributed by atoms with Crippen molar-refractivity contribution in [1.82, 2.24) is 0 Å². The molecule has 0 saturated carbocycles. The Balaban J connectivity index is 2.87. The fourth-order valence-corrected chi connectivity index (χ4v) is 1.21. The molecular weight excluding hydrogens is 191 g/mol. The number of rotatable bonds is 3. The molecule has 0 aliphatic carbocycles. The summed E-state index contributed by atoms with van der Waals surface area (Å²) in [5.41, 5.74) is 3.82. The Bertz CT molecular complexity index is 303. The zero-order valence-electron chi connectivity index (χ0n) is 7.86. The molecule has 2 N–H and O–H groups in total. The largest absolute Gasteiger partial charge is 0.328 e. The van der Waals surface area contributed by atoms with Gasteiger partial charge in [-0.15, -0.1) is 0 Å². The van der Waals surface area contributed by atoms with Crippen LogP contribution in [0, 0.1) is 11.6 Å². The second kappa shape index (κ2) is 4.00. The van der Waals surface area contributed by atoms with Crippen LogP contribution in [0.5, 0.6) is 0 Å². The second-order valence-electron chi connectivity index (χ2n) is 3.57. The third kappa shape index (κ3) is 3.03. The fourth-order valence-electron chi connectivity index (χ4n) is 1.21. The molecule has 1 atom stereocenters. The third-order valence-corrected chi connectivity index (χ3v) is 1.92. The van der Waals surface area contributed by atoms with E-state index in [4.69, 9.17) is 5.73 Å². The van der Waals surface area contributed by atoms with Crippen LogP contribution in [0.3, 0.4) is 0 Å². The van der Waals surface area contributed by atoms with Gasteiger partial charge in [-0.2, -0.15) is 0 Å². The number of hydrogen-bond donors (Lipinski definition) is 1. The number of alkyl halides is 1. The van der Waals surface area contributed by atoms with E-state index in [1.165, 1.54) is 6.92 Å². The first kappa shape index (κ1) is 11.0. The summed E-state index contributed by atoms with van der Waals surface area (Å²) >= 11 is 0. The average Bonchev–Trinajstić information content (AvgIpc) is 2.01. The third-order valence-electron chi connectivity index (χ3n) is 1.92. The van der Waals surface area contributed by atoms with Gasteiger partial charge in [-0.3, -0.25) is 0 Å². The van der Waals surface area contributed by atoms with E-state index in [9.17, 15) is 13.2 Å². The Hall–Kier alpha value is -1.03. The van der Waals surface area contributed by atoms with Crippen LogP contribution in [-0.4, -0.2) is 12.2 Å². The summed E-state index contributed by atoms with van der Waals surface area (Å²) in [7, 11) is 0. The molecule has 0 amide bonds. The second-order valence-corrected chi connectivity index (χ2v) is 3.57. The minimum atomic E-state index is -1.62. The lowest BCUT2D eigenvalue weighted by molar-refractivity contribution is 0.200. The SMILES string of the molecule is CC(F)(CN)Cc1cc(F)cc(F)c1. The quantitative estimate of drug-likeness (QED) is 0.800. The molecule has 0 fully saturated rings. The topological polar surface area (TPSA) is 26.0 Å². The van der Waals surface area contributed by atoms with Gasteiger partial charge in [-0.05, 0) is 24.6 Å². The molecule has 0 spiro atoms. The maximum absolute atomic E-state index is 13.4. The minimum absolute atomic E-state index is 0.0851. The van der Waals surface area contributed by atoms with Crippen molar-refractivity contribution in [3.63, 3.8) is 0 Å². The molecule has 1 rings (SSSR count). The summed E-state index contributed by atoms with van der Waals surface area (Å²) in [6, 6.07) is 2.97. The maximum Gasteiger partial charge on any atom is 0.126 e. The van der Waals surface area contributed by atoms with Crippen molar-refractivity contribution in [1.29, 1.82) is 0 Å². The lowest BCUT2D eigenvalue weighted by atomic mass is 9.98.